The molecule has 2 heterocycles. The van der Waals surface area contributed by atoms with Crippen molar-refractivity contribution in [3.05, 3.63) is 42.0 Å². The standard InChI is InChI=1S/C18H21N9O2S2/c19-18-27-26-17(29-18)10-3-1-2-9(6-10)12-4-5-13(31(28)11-7-23-8-11)15(30-22)14(12)16(24-20)25-21/h1-6,11,23H,7-8,20-22H2,(H2,19,27)(H,24,25). The summed E-state index contributed by atoms with van der Waals surface area (Å²) in [6.07, 6.45) is 0. The zero-order valence-corrected chi connectivity index (χ0v) is 17.9. The van der Waals surface area contributed by atoms with Crippen molar-refractivity contribution in [2.75, 3.05) is 18.8 Å². The summed E-state index contributed by atoms with van der Waals surface area (Å²) in [5.41, 5.74) is 10.8. The van der Waals surface area contributed by atoms with Crippen molar-refractivity contribution in [1.29, 1.82) is 0 Å². The van der Waals surface area contributed by atoms with Crippen LogP contribution in [0.5, 0.6) is 0 Å². The van der Waals surface area contributed by atoms with Gasteiger partial charge in [0.05, 0.1) is 25.8 Å². The number of rotatable bonds is 6. The Kier molecular flexibility index (Phi) is 6.20. The number of nitrogens with zero attached hydrogens (tertiary/aromatic N) is 3. The number of nitrogen functional groups attached to an aromatic ring is 1. The molecular weight excluding hydrogens is 438 g/mol. The first-order valence-electron chi connectivity index (χ1n) is 9.17. The molecule has 1 aliphatic heterocycles. The zero-order valence-electron chi connectivity index (χ0n) is 16.2. The molecular formula is C18H21N9O2S2. The van der Waals surface area contributed by atoms with Gasteiger partial charge in [0, 0.05) is 24.2 Å². The number of anilines is 1. The van der Waals surface area contributed by atoms with Crippen molar-refractivity contribution in [3.8, 4) is 22.6 Å². The minimum Gasteiger partial charge on any atom is -0.404 e. The number of nitrogens with two attached hydrogens (primary N) is 4. The number of amidine groups is 1. The Morgan fingerprint density at radius 2 is 2.03 bits per heavy atom. The minimum atomic E-state index is -1.25. The zero-order chi connectivity index (χ0) is 22.0. The van der Waals surface area contributed by atoms with E-state index in [-0.39, 0.29) is 23.0 Å². The number of hydrogen-bond donors (Lipinski definition) is 6. The third kappa shape index (κ3) is 4.00. The van der Waals surface area contributed by atoms with Crippen LogP contribution in [0, 0.1) is 0 Å². The lowest BCUT2D eigenvalue weighted by molar-refractivity contribution is 0.525. The second-order valence-electron chi connectivity index (χ2n) is 6.66. The molecule has 0 amide bonds. The SMILES string of the molecule is N/N=C(\NN)c1c(-c2cccc(-c3nnc(N)o3)c2)ccc(S(=O)C2CNC2)c1SN. The molecule has 0 bridgehead atoms. The Morgan fingerprint density at radius 3 is 2.61 bits per heavy atom. The van der Waals surface area contributed by atoms with Gasteiger partial charge in [-0.25, -0.2) is 5.84 Å². The van der Waals surface area contributed by atoms with Gasteiger partial charge in [0.15, 0.2) is 5.84 Å². The monoisotopic (exact) mass is 459 g/mol. The van der Waals surface area contributed by atoms with E-state index in [0.29, 0.717) is 34.0 Å². The molecule has 1 aromatic heterocycles. The molecule has 10 N–H and O–H groups in total. The van der Waals surface area contributed by atoms with E-state index in [2.05, 4.69) is 26.0 Å². The van der Waals surface area contributed by atoms with Crippen LogP contribution in [0.4, 0.5) is 6.01 Å². The topological polar surface area (TPSA) is 196 Å². The average Bonchev–Trinajstić information content (AvgIpc) is 3.19. The van der Waals surface area contributed by atoms with Gasteiger partial charge < -0.3 is 26.7 Å². The maximum Gasteiger partial charge on any atom is 0.313 e. The third-order valence-corrected chi connectivity index (χ3v) is 7.37. The molecule has 1 fully saturated rings. The fourth-order valence-electron chi connectivity index (χ4n) is 3.25. The van der Waals surface area contributed by atoms with Crippen molar-refractivity contribution >= 4 is 34.6 Å². The van der Waals surface area contributed by atoms with E-state index in [0.717, 1.165) is 23.1 Å². The summed E-state index contributed by atoms with van der Waals surface area (Å²) in [6.45, 7) is 1.36. The molecule has 1 unspecified atom stereocenters. The van der Waals surface area contributed by atoms with Crippen LogP contribution in [-0.4, -0.2) is 38.6 Å². The predicted molar refractivity (Wildman–Crippen MR) is 121 cm³/mol. The number of hydrazine groups is 1. The third-order valence-electron chi connectivity index (χ3n) is 4.87. The quantitative estimate of drug-likeness (QED) is 0.0962. The summed E-state index contributed by atoms with van der Waals surface area (Å²) in [4.78, 5) is 1.19. The average molecular weight is 460 g/mol. The Labute approximate surface area is 184 Å². The summed E-state index contributed by atoms with van der Waals surface area (Å²) in [5.74, 6) is 11.8. The van der Waals surface area contributed by atoms with E-state index in [1.807, 2.05) is 36.4 Å². The van der Waals surface area contributed by atoms with Gasteiger partial charge in [-0.15, -0.1) is 5.10 Å². The molecule has 4 rings (SSSR count). The van der Waals surface area contributed by atoms with E-state index in [1.165, 1.54) is 0 Å². The first-order valence-corrected chi connectivity index (χ1v) is 11.3. The number of benzene rings is 2. The summed E-state index contributed by atoms with van der Waals surface area (Å²) >= 11 is 0.971. The Morgan fingerprint density at radius 1 is 1.26 bits per heavy atom. The van der Waals surface area contributed by atoms with Crippen LogP contribution >= 0.6 is 11.9 Å². The van der Waals surface area contributed by atoms with Gasteiger partial charge in [0.25, 0.3) is 0 Å². The Bertz CT molecular complexity index is 1160. The molecule has 0 radical (unpaired) electrons. The van der Waals surface area contributed by atoms with E-state index in [4.69, 9.17) is 27.0 Å². The van der Waals surface area contributed by atoms with E-state index < -0.39 is 10.8 Å². The van der Waals surface area contributed by atoms with Gasteiger partial charge in [0.1, 0.15) is 0 Å². The van der Waals surface area contributed by atoms with E-state index in [1.54, 1.807) is 0 Å². The minimum absolute atomic E-state index is 0.0139. The van der Waals surface area contributed by atoms with Crippen LogP contribution in [0.15, 0.2) is 55.7 Å². The molecule has 3 aromatic rings. The number of nitrogens with one attached hydrogen (secondary N) is 2. The number of hydrazone groups is 1. The Hall–Kier alpha value is -2.97. The lowest BCUT2D eigenvalue weighted by atomic mass is 9.97. The molecule has 0 aliphatic carbocycles. The number of hydrogen-bond acceptors (Lipinski definition) is 11. The Balaban J connectivity index is 1.89. The van der Waals surface area contributed by atoms with E-state index in [9.17, 15) is 4.21 Å². The lowest BCUT2D eigenvalue weighted by Gasteiger charge is -2.27. The molecule has 162 valence electrons. The van der Waals surface area contributed by atoms with Crippen LogP contribution in [0.2, 0.25) is 0 Å². The maximum atomic E-state index is 13.1. The van der Waals surface area contributed by atoms with Crippen molar-refractivity contribution in [2.45, 2.75) is 15.0 Å². The highest BCUT2D eigenvalue weighted by Gasteiger charge is 2.29. The highest BCUT2D eigenvalue weighted by atomic mass is 32.2. The molecule has 2 aromatic carbocycles. The highest BCUT2D eigenvalue weighted by molar-refractivity contribution is 7.98. The van der Waals surface area contributed by atoms with Crippen LogP contribution in [0.3, 0.4) is 0 Å². The fraction of sp³-hybridized carbons (Fsp3) is 0.167. The van der Waals surface area contributed by atoms with Gasteiger partial charge in [-0.3, -0.25) is 9.35 Å². The van der Waals surface area contributed by atoms with Crippen molar-refractivity contribution in [1.82, 2.24) is 20.9 Å². The summed E-state index contributed by atoms with van der Waals surface area (Å²) in [7, 11) is -1.25. The van der Waals surface area contributed by atoms with Crippen LogP contribution in [0.25, 0.3) is 22.6 Å². The highest BCUT2D eigenvalue weighted by Crippen LogP contribution is 2.37. The van der Waals surface area contributed by atoms with Crippen molar-refractivity contribution in [2.24, 2.45) is 21.9 Å². The molecule has 1 aliphatic rings. The second kappa shape index (κ2) is 9.03. The molecule has 11 nitrogen and oxygen atoms in total. The molecule has 0 saturated carbocycles. The van der Waals surface area contributed by atoms with Gasteiger partial charge >= 0.3 is 6.01 Å². The molecule has 13 heteroatoms. The first kappa shape index (κ1) is 21.3. The van der Waals surface area contributed by atoms with E-state index >= 15 is 0 Å². The van der Waals surface area contributed by atoms with Crippen molar-refractivity contribution < 1.29 is 8.63 Å². The van der Waals surface area contributed by atoms with Gasteiger partial charge in [-0.1, -0.05) is 23.3 Å². The van der Waals surface area contributed by atoms with Crippen molar-refractivity contribution in [3.63, 3.8) is 0 Å². The summed E-state index contributed by atoms with van der Waals surface area (Å²) in [6, 6.07) is 11.0. The fourth-order valence-corrected chi connectivity index (χ4v) is 5.54. The second-order valence-corrected chi connectivity index (χ2v) is 9.00. The van der Waals surface area contributed by atoms with Gasteiger partial charge in [-0.05, 0) is 41.3 Å². The normalized spacial score (nSPS) is 15.5. The molecule has 0 spiro atoms. The summed E-state index contributed by atoms with van der Waals surface area (Å²) < 4.78 is 18.4. The lowest BCUT2D eigenvalue weighted by Crippen LogP contribution is -2.49. The maximum absolute atomic E-state index is 13.1. The predicted octanol–water partition coefficient (Wildman–Crippen LogP) is 0.115. The van der Waals surface area contributed by atoms with Crippen LogP contribution in [-0.2, 0) is 10.8 Å². The van der Waals surface area contributed by atoms with Gasteiger partial charge in [0.2, 0.25) is 5.89 Å². The molecule has 31 heavy (non-hydrogen) atoms. The van der Waals surface area contributed by atoms with Gasteiger partial charge in [-0.2, -0.15) is 5.10 Å². The van der Waals surface area contributed by atoms with Crippen LogP contribution in [0.1, 0.15) is 5.56 Å². The molecule has 1 atom stereocenters. The number of aromatic nitrogens is 2. The smallest absolute Gasteiger partial charge is 0.313 e. The first-order chi connectivity index (χ1) is 15.1. The largest absolute Gasteiger partial charge is 0.404 e. The molecule has 1 saturated heterocycles. The van der Waals surface area contributed by atoms with Crippen LogP contribution < -0.4 is 33.3 Å². The summed E-state index contributed by atoms with van der Waals surface area (Å²) in [5, 5.41) is 20.6.